The van der Waals surface area contributed by atoms with E-state index in [1.165, 1.54) is 6.07 Å². The third-order valence-electron chi connectivity index (χ3n) is 4.52. The number of benzene rings is 1. The number of nitrogen functional groups attached to an aromatic ring is 1. The van der Waals surface area contributed by atoms with Gasteiger partial charge in [0.15, 0.2) is 0 Å². The molecule has 28 heavy (non-hydrogen) atoms. The third kappa shape index (κ3) is 3.62. The molecule has 0 saturated heterocycles. The van der Waals surface area contributed by atoms with Crippen LogP contribution in [0, 0.1) is 5.82 Å². The first-order chi connectivity index (χ1) is 13.7. The van der Waals surface area contributed by atoms with Crippen molar-refractivity contribution in [3.8, 4) is 22.4 Å². The molecule has 0 spiro atoms. The van der Waals surface area contributed by atoms with E-state index in [1.54, 1.807) is 47.6 Å². The number of hydrogen-bond donors (Lipinski definition) is 1. The standard InChI is InChI=1S/C22H20FN3S2/c1-2-3-11-27-22-20(24)19-16(15-8-4-5-9-17(15)23)12-18(26-21(19)28-22)14-7-6-10-25-13-14/h4-10,12-13H,2-3,11,24H2,1H3. The molecule has 3 heterocycles. The Morgan fingerprint density at radius 3 is 2.75 bits per heavy atom. The minimum Gasteiger partial charge on any atom is -0.397 e. The Morgan fingerprint density at radius 1 is 1.14 bits per heavy atom. The summed E-state index contributed by atoms with van der Waals surface area (Å²) in [4.78, 5) is 9.86. The Kier molecular flexibility index (Phi) is 5.59. The molecule has 0 atom stereocenters. The molecule has 0 saturated carbocycles. The van der Waals surface area contributed by atoms with E-state index in [-0.39, 0.29) is 5.82 Å². The molecule has 0 fully saturated rings. The molecule has 0 unspecified atom stereocenters. The zero-order valence-corrected chi connectivity index (χ0v) is 17.1. The van der Waals surface area contributed by atoms with Crippen molar-refractivity contribution in [1.82, 2.24) is 9.97 Å². The maximum Gasteiger partial charge on any atom is 0.131 e. The fourth-order valence-corrected chi connectivity index (χ4v) is 5.52. The van der Waals surface area contributed by atoms with Gasteiger partial charge in [0.2, 0.25) is 0 Å². The summed E-state index contributed by atoms with van der Waals surface area (Å²) in [6, 6.07) is 12.6. The highest BCUT2D eigenvalue weighted by molar-refractivity contribution is 8.01. The fourth-order valence-electron chi connectivity index (χ4n) is 3.07. The van der Waals surface area contributed by atoms with Crippen LogP contribution >= 0.6 is 23.1 Å². The number of halogens is 1. The number of pyridine rings is 2. The number of thiophene rings is 1. The van der Waals surface area contributed by atoms with Crippen LogP contribution in [-0.4, -0.2) is 15.7 Å². The summed E-state index contributed by atoms with van der Waals surface area (Å²) in [5.74, 6) is 0.746. The predicted molar refractivity (Wildman–Crippen MR) is 118 cm³/mol. The Bertz CT molecular complexity index is 1110. The van der Waals surface area contributed by atoms with Gasteiger partial charge in [-0.1, -0.05) is 31.5 Å². The van der Waals surface area contributed by atoms with E-state index < -0.39 is 0 Å². The van der Waals surface area contributed by atoms with Crippen LogP contribution in [0.25, 0.3) is 32.6 Å². The maximum absolute atomic E-state index is 14.6. The largest absolute Gasteiger partial charge is 0.397 e. The van der Waals surface area contributed by atoms with Crippen molar-refractivity contribution in [2.45, 2.75) is 24.0 Å². The van der Waals surface area contributed by atoms with Gasteiger partial charge < -0.3 is 5.73 Å². The first-order valence-electron chi connectivity index (χ1n) is 9.20. The number of nitrogens with two attached hydrogens (primary N) is 1. The van der Waals surface area contributed by atoms with E-state index in [2.05, 4.69) is 11.9 Å². The van der Waals surface area contributed by atoms with E-state index in [9.17, 15) is 4.39 Å². The minimum atomic E-state index is -0.266. The van der Waals surface area contributed by atoms with Crippen LogP contribution in [0.1, 0.15) is 19.8 Å². The number of anilines is 1. The summed E-state index contributed by atoms with van der Waals surface area (Å²) in [5, 5.41) is 0.835. The first kappa shape index (κ1) is 18.9. The molecular formula is C22H20FN3S2. The van der Waals surface area contributed by atoms with Gasteiger partial charge >= 0.3 is 0 Å². The van der Waals surface area contributed by atoms with E-state index in [0.29, 0.717) is 11.3 Å². The topological polar surface area (TPSA) is 51.8 Å². The SMILES string of the molecule is CCCCSc1sc2nc(-c3cccnc3)cc(-c3ccccc3F)c2c1N. The molecule has 0 radical (unpaired) electrons. The molecule has 0 aliphatic carbocycles. The lowest BCUT2D eigenvalue weighted by Crippen LogP contribution is -1.93. The second kappa shape index (κ2) is 8.29. The molecule has 3 aromatic heterocycles. The van der Waals surface area contributed by atoms with E-state index in [4.69, 9.17) is 10.7 Å². The molecule has 4 aromatic rings. The Morgan fingerprint density at radius 2 is 2.00 bits per heavy atom. The summed E-state index contributed by atoms with van der Waals surface area (Å²) in [6.07, 6.45) is 5.77. The van der Waals surface area contributed by atoms with E-state index >= 15 is 0 Å². The average Bonchev–Trinajstić information content (AvgIpc) is 3.04. The second-order valence-corrected chi connectivity index (χ2v) is 8.82. The average molecular weight is 410 g/mol. The lowest BCUT2D eigenvalue weighted by molar-refractivity contribution is 0.631. The van der Waals surface area contributed by atoms with Crippen molar-refractivity contribution < 1.29 is 4.39 Å². The molecule has 0 amide bonds. The summed E-state index contributed by atoms with van der Waals surface area (Å²) < 4.78 is 15.7. The number of nitrogens with zero attached hydrogens (tertiary/aromatic N) is 2. The van der Waals surface area contributed by atoms with Crippen LogP contribution in [-0.2, 0) is 0 Å². The van der Waals surface area contributed by atoms with Gasteiger partial charge in [-0.3, -0.25) is 4.98 Å². The van der Waals surface area contributed by atoms with E-state index in [1.807, 2.05) is 24.3 Å². The second-order valence-electron chi connectivity index (χ2n) is 6.46. The van der Waals surface area contributed by atoms with Gasteiger partial charge in [0, 0.05) is 28.9 Å². The van der Waals surface area contributed by atoms with Gasteiger partial charge in [-0.15, -0.1) is 23.1 Å². The highest BCUT2D eigenvalue weighted by Gasteiger charge is 2.19. The van der Waals surface area contributed by atoms with Gasteiger partial charge in [0.25, 0.3) is 0 Å². The lowest BCUT2D eigenvalue weighted by Gasteiger charge is -2.09. The monoisotopic (exact) mass is 409 g/mol. The quantitative estimate of drug-likeness (QED) is 0.286. The molecule has 0 aliphatic heterocycles. The van der Waals surface area contributed by atoms with Crippen molar-refractivity contribution in [1.29, 1.82) is 0 Å². The summed E-state index contributed by atoms with van der Waals surface area (Å²) in [5.41, 5.74) is 10.2. The fraction of sp³-hybridized carbons (Fsp3) is 0.182. The molecule has 2 N–H and O–H groups in total. The van der Waals surface area contributed by atoms with Gasteiger partial charge in [-0.05, 0) is 42.0 Å². The highest BCUT2D eigenvalue weighted by Crippen LogP contribution is 2.45. The van der Waals surface area contributed by atoms with Crippen LogP contribution in [0.15, 0.2) is 59.1 Å². The Labute approximate surface area is 171 Å². The maximum atomic E-state index is 14.6. The molecule has 1 aromatic carbocycles. The smallest absolute Gasteiger partial charge is 0.131 e. The van der Waals surface area contributed by atoms with Gasteiger partial charge in [-0.2, -0.15) is 0 Å². The van der Waals surface area contributed by atoms with Crippen molar-refractivity contribution >= 4 is 39.0 Å². The number of rotatable bonds is 6. The van der Waals surface area contributed by atoms with Crippen molar-refractivity contribution in [2.24, 2.45) is 0 Å². The van der Waals surface area contributed by atoms with Crippen molar-refractivity contribution in [3.63, 3.8) is 0 Å². The molecule has 0 aliphatic rings. The number of aromatic nitrogens is 2. The van der Waals surface area contributed by atoms with Crippen LogP contribution in [0.4, 0.5) is 10.1 Å². The van der Waals surface area contributed by atoms with Crippen LogP contribution in [0.2, 0.25) is 0 Å². The number of unbranched alkanes of at least 4 members (excludes halogenated alkanes) is 1. The highest BCUT2D eigenvalue weighted by atomic mass is 32.2. The number of fused-ring (bicyclic) bond motifs is 1. The molecular weight excluding hydrogens is 389 g/mol. The molecule has 4 rings (SSSR count). The van der Waals surface area contributed by atoms with Crippen LogP contribution in [0.5, 0.6) is 0 Å². The number of hydrogen-bond acceptors (Lipinski definition) is 5. The Hall–Kier alpha value is -2.44. The predicted octanol–water partition coefficient (Wildman–Crippen LogP) is 6.64. The van der Waals surface area contributed by atoms with Crippen molar-refractivity contribution in [2.75, 3.05) is 11.5 Å². The van der Waals surface area contributed by atoms with Crippen LogP contribution < -0.4 is 5.73 Å². The van der Waals surface area contributed by atoms with E-state index in [0.717, 1.165) is 49.8 Å². The summed E-state index contributed by atoms with van der Waals surface area (Å²) in [6.45, 7) is 2.17. The van der Waals surface area contributed by atoms with Gasteiger partial charge in [0.05, 0.1) is 15.6 Å². The molecule has 3 nitrogen and oxygen atoms in total. The van der Waals surface area contributed by atoms with Crippen LogP contribution in [0.3, 0.4) is 0 Å². The summed E-state index contributed by atoms with van der Waals surface area (Å²) in [7, 11) is 0. The Balaban J connectivity index is 1.94. The first-order valence-corrected chi connectivity index (χ1v) is 11.0. The zero-order valence-electron chi connectivity index (χ0n) is 15.5. The van der Waals surface area contributed by atoms with Gasteiger partial charge in [-0.25, -0.2) is 9.37 Å². The molecule has 0 bridgehead atoms. The zero-order chi connectivity index (χ0) is 19.5. The minimum absolute atomic E-state index is 0.266. The van der Waals surface area contributed by atoms with Gasteiger partial charge in [0.1, 0.15) is 10.6 Å². The normalized spacial score (nSPS) is 11.2. The third-order valence-corrected chi connectivity index (χ3v) is 6.99. The lowest BCUT2D eigenvalue weighted by atomic mass is 10.00. The molecule has 6 heteroatoms. The number of thioether (sulfide) groups is 1. The van der Waals surface area contributed by atoms with Crippen molar-refractivity contribution in [3.05, 3.63) is 60.7 Å². The molecule has 142 valence electrons. The summed E-state index contributed by atoms with van der Waals surface area (Å²) >= 11 is 3.34.